The molecule has 2 aromatic carbocycles. The van der Waals surface area contributed by atoms with Crippen LogP contribution in [0.3, 0.4) is 0 Å². The molecule has 2 aromatic rings. The van der Waals surface area contributed by atoms with Crippen molar-refractivity contribution in [2.75, 3.05) is 42.7 Å². The third-order valence-electron chi connectivity index (χ3n) is 7.13. The first-order valence-electron chi connectivity index (χ1n) is 12.5. The molecule has 1 saturated carbocycles. The molecule has 0 spiro atoms. The van der Waals surface area contributed by atoms with Crippen molar-refractivity contribution >= 4 is 28.0 Å². The van der Waals surface area contributed by atoms with Gasteiger partial charge in [0.15, 0.2) is 0 Å². The van der Waals surface area contributed by atoms with Crippen molar-refractivity contribution in [3.8, 4) is 0 Å². The maximum Gasteiger partial charge on any atom is 2.00 e. The van der Waals surface area contributed by atoms with Gasteiger partial charge in [-0.1, -0.05) is 61.4 Å². The van der Waals surface area contributed by atoms with Crippen molar-refractivity contribution in [1.82, 2.24) is 10.6 Å². The van der Waals surface area contributed by atoms with Gasteiger partial charge < -0.3 is 37.2 Å². The topological polar surface area (TPSA) is 79.4 Å². The van der Waals surface area contributed by atoms with Crippen LogP contribution in [0.4, 0.5) is 0 Å². The minimum absolute atomic E-state index is 0. The number of hydrogen-bond donors (Lipinski definition) is 2. The zero-order valence-corrected chi connectivity index (χ0v) is 25.7. The van der Waals surface area contributed by atoms with Crippen LogP contribution in [0.5, 0.6) is 0 Å². The number of hydrogen-bond acceptors (Lipinski definition) is 8. The molecule has 2 unspecified atom stereocenters. The van der Waals surface area contributed by atoms with E-state index in [1.54, 1.807) is 42.7 Å². The van der Waals surface area contributed by atoms with Crippen molar-refractivity contribution in [2.45, 2.75) is 50.9 Å². The predicted octanol–water partition coefficient (Wildman–Crippen LogP) is 2.04. The SMILES string of the molecule is CO[Si](OC)(OC)c1ccc(CNC2CCCCC2NCc2ccc([Si](OC)(OC)OC)cc2)cc1.[Cu+2]. The summed E-state index contributed by atoms with van der Waals surface area (Å²) in [5.74, 6) is 0. The van der Waals surface area contributed by atoms with E-state index in [9.17, 15) is 0 Å². The van der Waals surface area contributed by atoms with E-state index in [4.69, 9.17) is 26.6 Å². The van der Waals surface area contributed by atoms with E-state index in [1.165, 1.54) is 36.8 Å². The van der Waals surface area contributed by atoms with Crippen molar-refractivity contribution in [2.24, 2.45) is 0 Å². The van der Waals surface area contributed by atoms with E-state index in [2.05, 4.69) is 34.9 Å². The normalized spacial score (nSPS) is 18.4. The van der Waals surface area contributed by atoms with Gasteiger partial charge in [0.05, 0.1) is 0 Å². The maximum absolute atomic E-state index is 5.59. The van der Waals surface area contributed by atoms with Gasteiger partial charge in [0.1, 0.15) is 0 Å². The standard InChI is InChI=1S/C26H42N2O6Si2.Cu/c1-29-35(30-2,31-3)23-15-11-21(12-16-23)19-27-25-9-7-8-10-26(25)28-20-22-13-17-24(18-14-22)36(32-4,33-5)34-6;/h11-18,25-28H,7-10,19-20H2,1-6H3;/q;+2. The van der Waals surface area contributed by atoms with Crippen LogP contribution in [0.2, 0.25) is 0 Å². The Morgan fingerprint density at radius 3 is 1.14 bits per heavy atom. The first-order valence-corrected chi connectivity index (χ1v) is 15.9. The Balaban J connectivity index is 0.00000481. The van der Waals surface area contributed by atoms with Gasteiger partial charge in [-0.25, -0.2) is 0 Å². The molecule has 1 fully saturated rings. The predicted molar refractivity (Wildman–Crippen MR) is 145 cm³/mol. The molecule has 0 aromatic heterocycles. The molecular weight excluding hydrogens is 556 g/mol. The number of nitrogens with one attached hydrogen (secondary N) is 2. The van der Waals surface area contributed by atoms with E-state index in [-0.39, 0.29) is 17.1 Å². The van der Waals surface area contributed by atoms with Gasteiger partial charge >= 0.3 is 34.7 Å². The first kappa shape index (κ1) is 32.3. The Bertz CT molecular complexity index is 822. The van der Waals surface area contributed by atoms with Crippen molar-refractivity contribution in [1.29, 1.82) is 0 Å². The summed E-state index contributed by atoms with van der Waals surface area (Å²) in [6.45, 7) is 1.63. The third-order valence-corrected chi connectivity index (χ3v) is 12.4. The molecule has 3 rings (SSSR count). The molecule has 11 heteroatoms. The molecular formula is C26H42CuN2O6Si2+2. The fraction of sp³-hybridized carbons (Fsp3) is 0.538. The minimum Gasteiger partial charge on any atom is -0.373 e. The third kappa shape index (κ3) is 7.81. The summed E-state index contributed by atoms with van der Waals surface area (Å²) in [5.41, 5.74) is 2.46. The van der Waals surface area contributed by atoms with Crippen LogP contribution < -0.4 is 21.0 Å². The molecule has 37 heavy (non-hydrogen) atoms. The van der Waals surface area contributed by atoms with Crippen LogP contribution in [0.25, 0.3) is 0 Å². The van der Waals surface area contributed by atoms with E-state index in [1.807, 2.05) is 24.3 Å². The largest absolute Gasteiger partial charge is 2.00 e. The Labute approximate surface area is 234 Å². The molecule has 0 amide bonds. The molecule has 1 radical (unpaired) electrons. The first-order chi connectivity index (χ1) is 17.5. The maximum atomic E-state index is 5.59. The summed E-state index contributed by atoms with van der Waals surface area (Å²) in [6.07, 6.45) is 4.85. The van der Waals surface area contributed by atoms with Gasteiger partial charge in [-0.2, -0.15) is 0 Å². The number of rotatable bonds is 14. The zero-order chi connectivity index (χ0) is 26.0. The summed E-state index contributed by atoms with van der Waals surface area (Å²) in [7, 11) is 4.20. The smallest absolute Gasteiger partial charge is 0.373 e. The minimum atomic E-state index is -2.80. The van der Waals surface area contributed by atoms with E-state index in [0.717, 1.165) is 23.5 Å². The van der Waals surface area contributed by atoms with E-state index < -0.39 is 17.6 Å². The Morgan fingerprint density at radius 2 is 0.865 bits per heavy atom. The molecule has 0 aliphatic heterocycles. The van der Waals surface area contributed by atoms with Gasteiger partial charge in [-0.3, -0.25) is 0 Å². The molecule has 0 bridgehead atoms. The summed E-state index contributed by atoms with van der Waals surface area (Å²) in [5, 5.41) is 9.50. The summed E-state index contributed by atoms with van der Waals surface area (Å²) < 4.78 is 33.5. The molecule has 0 saturated heterocycles. The second kappa shape index (κ2) is 15.6. The van der Waals surface area contributed by atoms with Gasteiger partial charge in [-0.05, 0) is 24.0 Å². The monoisotopic (exact) mass is 597 g/mol. The van der Waals surface area contributed by atoms with Crippen molar-refractivity contribution in [3.63, 3.8) is 0 Å². The average molecular weight is 598 g/mol. The van der Waals surface area contributed by atoms with Crippen molar-refractivity contribution in [3.05, 3.63) is 59.7 Å². The van der Waals surface area contributed by atoms with E-state index in [0.29, 0.717) is 12.1 Å². The van der Waals surface area contributed by atoms with Gasteiger partial charge in [-0.15, -0.1) is 0 Å². The summed E-state index contributed by atoms with van der Waals surface area (Å²) >= 11 is 0. The quantitative estimate of drug-likeness (QED) is 0.320. The molecule has 0 heterocycles. The van der Waals surface area contributed by atoms with Gasteiger partial charge in [0.25, 0.3) is 0 Å². The number of benzene rings is 2. The average Bonchev–Trinajstić information content (AvgIpc) is 2.95. The van der Waals surface area contributed by atoms with Crippen molar-refractivity contribution < 1.29 is 43.6 Å². The van der Waals surface area contributed by atoms with Crippen LogP contribution >= 0.6 is 0 Å². The Hall–Kier alpha value is -0.927. The fourth-order valence-electron chi connectivity index (χ4n) is 4.98. The van der Waals surface area contributed by atoms with E-state index >= 15 is 0 Å². The molecule has 2 N–H and O–H groups in total. The Morgan fingerprint density at radius 1 is 0.568 bits per heavy atom. The molecule has 2 atom stereocenters. The molecule has 1 aliphatic carbocycles. The van der Waals surface area contributed by atoms with Gasteiger partial charge in [0.2, 0.25) is 0 Å². The second-order valence-electron chi connectivity index (χ2n) is 8.99. The van der Waals surface area contributed by atoms with Crippen LogP contribution in [-0.2, 0) is 56.7 Å². The molecule has 1 aliphatic rings. The van der Waals surface area contributed by atoms with Crippen LogP contribution in [0.1, 0.15) is 36.8 Å². The second-order valence-corrected chi connectivity index (χ2v) is 14.8. The zero-order valence-electron chi connectivity index (χ0n) is 22.8. The summed E-state index contributed by atoms with van der Waals surface area (Å²) in [6, 6.07) is 17.5. The fourth-order valence-corrected chi connectivity index (χ4v) is 8.54. The Kier molecular flexibility index (Phi) is 13.6. The van der Waals surface area contributed by atoms with Crippen LogP contribution in [0, 0.1) is 0 Å². The van der Waals surface area contributed by atoms with Crippen LogP contribution in [-0.4, -0.2) is 72.4 Å². The molecule has 8 nitrogen and oxygen atoms in total. The van der Waals surface area contributed by atoms with Gasteiger partial charge in [0, 0.05) is 78.2 Å². The molecule has 209 valence electrons. The van der Waals surface area contributed by atoms with Crippen LogP contribution in [0.15, 0.2) is 48.5 Å². The summed E-state index contributed by atoms with van der Waals surface area (Å²) in [4.78, 5) is 0.